The van der Waals surface area contributed by atoms with Crippen molar-refractivity contribution in [2.45, 2.75) is 6.42 Å². The zero-order valence-corrected chi connectivity index (χ0v) is 18.8. The van der Waals surface area contributed by atoms with E-state index in [1.807, 2.05) is 30.3 Å². The van der Waals surface area contributed by atoms with Gasteiger partial charge in [0.2, 0.25) is 0 Å². The van der Waals surface area contributed by atoms with E-state index in [2.05, 4.69) is 48.7 Å². The van der Waals surface area contributed by atoms with Gasteiger partial charge in [-0.3, -0.25) is 10.2 Å². The molecule has 7 nitrogen and oxygen atoms in total. The van der Waals surface area contributed by atoms with Crippen molar-refractivity contribution in [1.82, 2.24) is 9.97 Å². The summed E-state index contributed by atoms with van der Waals surface area (Å²) in [5.41, 5.74) is 9.91. The number of benzene rings is 2. The summed E-state index contributed by atoms with van der Waals surface area (Å²) in [6, 6.07) is 15.7. The molecule has 0 spiro atoms. The Labute approximate surface area is 191 Å². The molecular formula is C22H19BrN6OS. The lowest BCUT2D eigenvalue weighted by Crippen LogP contribution is -2.16. The fourth-order valence-corrected chi connectivity index (χ4v) is 4.58. The molecule has 2 heterocycles. The third kappa shape index (κ3) is 4.57. The molecule has 4 aromatic rings. The number of hydrogen-bond acceptors (Lipinski definition) is 7. The van der Waals surface area contributed by atoms with Crippen LogP contribution in [0.5, 0.6) is 0 Å². The van der Waals surface area contributed by atoms with E-state index in [4.69, 9.17) is 11.1 Å². The normalized spacial score (nSPS) is 10.7. The molecule has 4 rings (SSSR count). The first kappa shape index (κ1) is 21.0. The van der Waals surface area contributed by atoms with Crippen molar-refractivity contribution < 1.29 is 4.79 Å². The monoisotopic (exact) mass is 494 g/mol. The molecule has 0 atom stereocenters. The quantitative estimate of drug-likeness (QED) is 0.272. The number of hydrogen-bond donors (Lipinski definition) is 4. The third-order valence-corrected chi connectivity index (χ3v) is 6.12. The number of amides is 1. The number of rotatable bonds is 7. The maximum atomic E-state index is 13.0. The summed E-state index contributed by atoms with van der Waals surface area (Å²) >= 11 is 4.59. The third-order valence-electron chi connectivity index (χ3n) is 4.73. The predicted octanol–water partition coefficient (Wildman–Crippen LogP) is 4.90. The Hall–Kier alpha value is -3.30. The number of aromatic nitrogens is 2. The van der Waals surface area contributed by atoms with Gasteiger partial charge < -0.3 is 16.4 Å². The molecule has 2 aromatic carbocycles. The van der Waals surface area contributed by atoms with Crippen molar-refractivity contribution in [3.05, 3.63) is 76.9 Å². The Kier molecular flexibility index (Phi) is 6.24. The second-order valence-electron chi connectivity index (χ2n) is 6.74. The first-order valence-electron chi connectivity index (χ1n) is 9.49. The smallest absolute Gasteiger partial charge is 0.258 e. The second kappa shape index (κ2) is 9.23. The Morgan fingerprint density at radius 2 is 1.87 bits per heavy atom. The summed E-state index contributed by atoms with van der Waals surface area (Å²) in [4.78, 5) is 21.1. The van der Waals surface area contributed by atoms with Crippen molar-refractivity contribution >= 4 is 65.2 Å². The molecule has 0 unspecified atom stereocenters. The van der Waals surface area contributed by atoms with Crippen molar-refractivity contribution in [3.63, 3.8) is 0 Å². The number of nitrogens with one attached hydrogen (secondary N) is 3. The van der Waals surface area contributed by atoms with Crippen LogP contribution in [0.25, 0.3) is 10.2 Å². The first-order chi connectivity index (χ1) is 15.0. The van der Waals surface area contributed by atoms with Crippen molar-refractivity contribution in [2.75, 3.05) is 22.9 Å². The molecule has 0 aliphatic heterocycles. The highest BCUT2D eigenvalue weighted by Crippen LogP contribution is 2.30. The second-order valence-corrected chi connectivity index (χ2v) is 8.42. The number of carbonyl (C=O) groups is 1. The van der Waals surface area contributed by atoms with Gasteiger partial charge in [-0.25, -0.2) is 9.97 Å². The number of halogens is 1. The van der Waals surface area contributed by atoms with Gasteiger partial charge in [0.15, 0.2) is 0 Å². The van der Waals surface area contributed by atoms with Crippen LogP contribution in [-0.4, -0.2) is 27.0 Å². The van der Waals surface area contributed by atoms with E-state index < -0.39 is 0 Å². The summed E-state index contributed by atoms with van der Waals surface area (Å²) in [5.74, 6) is 0.0300. The molecule has 0 radical (unpaired) electrons. The van der Waals surface area contributed by atoms with Crippen molar-refractivity contribution in [1.29, 1.82) is 5.41 Å². The van der Waals surface area contributed by atoms with E-state index in [9.17, 15) is 4.79 Å². The summed E-state index contributed by atoms with van der Waals surface area (Å²) in [6.07, 6.45) is 2.19. The lowest BCUT2D eigenvalue weighted by Gasteiger charge is -2.15. The summed E-state index contributed by atoms with van der Waals surface area (Å²) < 4.78 is 0.852. The Bertz CT molecular complexity index is 1260. The van der Waals surface area contributed by atoms with E-state index >= 15 is 0 Å². The molecular weight excluding hydrogens is 476 g/mol. The SMILES string of the molecule is N=C(Br)c1c(NCCc2ccccc2)cccc1NC(=O)c1csc2c(N)ncnc12. The zero-order chi connectivity index (χ0) is 21.8. The molecule has 31 heavy (non-hydrogen) atoms. The number of nitrogens with two attached hydrogens (primary N) is 1. The van der Waals surface area contributed by atoms with Crippen molar-refractivity contribution in [2.24, 2.45) is 0 Å². The van der Waals surface area contributed by atoms with Crippen LogP contribution in [0.4, 0.5) is 17.2 Å². The van der Waals surface area contributed by atoms with Crippen LogP contribution in [0.3, 0.4) is 0 Å². The lowest BCUT2D eigenvalue weighted by atomic mass is 10.1. The van der Waals surface area contributed by atoms with Gasteiger partial charge in [-0.05, 0) is 40.0 Å². The van der Waals surface area contributed by atoms with E-state index in [1.165, 1.54) is 23.2 Å². The lowest BCUT2D eigenvalue weighted by molar-refractivity contribution is 0.102. The van der Waals surface area contributed by atoms with Gasteiger partial charge in [0.05, 0.1) is 27.0 Å². The average molecular weight is 495 g/mol. The van der Waals surface area contributed by atoms with Crippen LogP contribution >= 0.6 is 27.3 Å². The van der Waals surface area contributed by atoms with Gasteiger partial charge in [-0.1, -0.05) is 36.4 Å². The predicted molar refractivity (Wildman–Crippen MR) is 131 cm³/mol. The molecule has 9 heteroatoms. The standard InChI is InChI=1S/C22H19BrN6OS/c23-20(24)17-15(26-10-9-13-5-2-1-3-6-13)7-4-8-16(17)29-22(30)14-11-31-19-18(14)27-12-28-21(19)25/h1-8,11-12,24,26H,9-10H2,(H,29,30)(H2,25,27,28). The van der Waals surface area contributed by atoms with Gasteiger partial charge in [-0.15, -0.1) is 11.3 Å². The number of fused-ring (bicyclic) bond motifs is 1. The van der Waals surface area contributed by atoms with E-state index in [0.717, 1.165) is 12.1 Å². The van der Waals surface area contributed by atoms with Gasteiger partial charge in [0.25, 0.3) is 5.91 Å². The van der Waals surface area contributed by atoms with E-state index in [-0.39, 0.29) is 10.5 Å². The van der Waals surface area contributed by atoms with Crippen LogP contribution in [0.2, 0.25) is 0 Å². The molecule has 0 saturated carbocycles. The number of anilines is 3. The zero-order valence-electron chi connectivity index (χ0n) is 16.4. The number of nitrogen functional groups attached to an aromatic ring is 1. The fourth-order valence-electron chi connectivity index (χ4n) is 3.25. The molecule has 0 aliphatic rings. The highest BCUT2D eigenvalue weighted by molar-refractivity contribution is 9.18. The van der Waals surface area contributed by atoms with Crippen molar-refractivity contribution in [3.8, 4) is 0 Å². The topological polar surface area (TPSA) is 117 Å². The molecule has 0 saturated heterocycles. The minimum atomic E-state index is -0.319. The maximum Gasteiger partial charge on any atom is 0.258 e. The maximum absolute atomic E-state index is 13.0. The van der Waals surface area contributed by atoms with Crippen LogP contribution in [0.1, 0.15) is 21.5 Å². The largest absolute Gasteiger partial charge is 0.384 e. The van der Waals surface area contributed by atoms with Crippen LogP contribution in [0, 0.1) is 5.41 Å². The molecule has 1 amide bonds. The Morgan fingerprint density at radius 1 is 1.10 bits per heavy atom. The fraction of sp³-hybridized carbons (Fsp3) is 0.0909. The summed E-state index contributed by atoms with van der Waals surface area (Å²) in [6.45, 7) is 0.695. The molecule has 0 bridgehead atoms. The van der Waals surface area contributed by atoms with E-state index in [0.29, 0.717) is 39.4 Å². The molecule has 0 fully saturated rings. The minimum Gasteiger partial charge on any atom is -0.384 e. The molecule has 156 valence electrons. The number of carbonyl (C=O) groups excluding carboxylic acids is 1. The Morgan fingerprint density at radius 3 is 2.65 bits per heavy atom. The first-order valence-corrected chi connectivity index (χ1v) is 11.2. The van der Waals surface area contributed by atoms with Crippen LogP contribution in [-0.2, 0) is 6.42 Å². The van der Waals surface area contributed by atoms with Crippen LogP contribution < -0.4 is 16.4 Å². The highest BCUT2D eigenvalue weighted by Gasteiger charge is 2.19. The summed E-state index contributed by atoms with van der Waals surface area (Å²) in [7, 11) is 0. The minimum absolute atomic E-state index is 0.173. The van der Waals surface area contributed by atoms with Gasteiger partial charge in [0, 0.05) is 17.6 Å². The molecule has 5 N–H and O–H groups in total. The van der Waals surface area contributed by atoms with Crippen LogP contribution in [0.15, 0.2) is 60.2 Å². The highest BCUT2D eigenvalue weighted by atomic mass is 79.9. The van der Waals surface area contributed by atoms with Gasteiger partial charge >= 0.3 is 0 Å². The summed E-state index contributed by atoms with van der Waals surface area (Å²) in [5, 5.41) is 16.2. The average Bonchev–Trinajstić information content (AvgIpc) is 3.20. The van der Waals surface area contributed by atoms with E-state index in [1.54, 1.807) is 11.4 Å². The molecule has 2 aromatic heterocycles. The molecule has 0 aliphatic carbocycles. The number of thiophene rings is 1. The van der Waals surface area contributed by atoms with Gasteiger partial charge in [0.1, 0.15) is 16.8 Å². The Balaban J connectivity index is 1.56. The number of nitrogens with zero attached hydrogens (tertiary/aromatic N) is 2. The van der Waals surface area contributed by atoms with Gasteiger partial charge in [-0.2, -0.15) is 0 Å².